The number of likely N-dealkylation sites (tertiary alicyclic amines) is 1. The minimum Gasteiger partial charge on any atom is -0.508 e. The maximum atomic E-state index is 12.5. The summed E-state index contributed by atoms with van der Waals surface area (Å²) in [5.74, 6) is -2.73. The lowest BCUT2D eigenvalue weighted by Crippen LogP contribution is -2.67. The van der Waals surface area contributed by atoms with E-state index in [1.165, 1.54) is 6.07 Å². The van der Waals surface area contributed by atoms with E-state index in [1.54, 1.807) is 35.5 Å². The Morgan fingerprint density at radius 1 is 1.21 bits per heavy atom. The lowest BCUT2D eigenvalue weighted by atomic mass is 9.84. The van der Waals surface area contributed by atoms with Crippen LogP contribution >= 0.6 is 0 Å². The molecule has 0 saturated carbocycles. The van der Waals surface area contributed by atoms with Gasteiger partial charge < -0.3 is 24.6 Å². The summed E-state index contributed by atoms with van der Waals surface area (Å²) in [6.07, 6.45) is 0.242. The molecule has 1 atom stereocenters. The van der Waals surface area contributed by atoms with Crippen molar-refractivity contribution in [2.45, 2.75) is 37.3 Å². The van der Waals surface area contributed by atoms with E-state index in [1.807, 2.05) is 12.1 Å². The van der Waals surface area contributed by atoms with Crippen LogP contribution in [0.5, 0.6) is 5.75 Å². The molecule has 3 heterocycles. The van der Waals surface area contributed by atoms with Gasteiger partial charge in [0.2, 0.25) is 0 Å². The second-order valence-electron chi connectivity index (χ2n) is 7.83. The van der Waals surface area contributed by atoms with Gasteiger partial charge in [0.15, 0.2) is 0 Å². The first-order chi connectivity index (χ1) is 15.6. The summed E-state index contributed by atoms with van der Waals surface area (Å²) < 4.78 is 43.8. The molecule has 0 radical (unpaired) electrons. The summed E-state index contributed by atoms with van der Waals surface area (Å²) in [5.41, 5.74) is 1.31. The minimum absolute atomic E-state index is 0.0741. The SMILES string of the molecule is O=C(O)C(F)(F)F.O=C(c1cccc(O)c1)N1CC2(CC(OCc3ccncc3)CCO2)C1. The summed E-state index contributed by atoms with van der Waals surface area (Å²) in [7, 11) is 0. The topological polar surface area (TPSA) is 109 Å². The molecule has 0 bridgehead atoms. The lowest BCUT2D eigenvalue weighted by Gasteiger charge is -2.53. The Kier molecular flexibility index (Phi) is 7.54. The van der Waals surface area contributed by atoms with Crippen LogP contribution in [0.25, 0.3) is 0 Å². The number of pyridine rings is 1. The molecule has 2 N–H and O–H groups in total. The third-order valence-corrected chi connectivity index (χ3v) is 5.26. The van der Waals surface area contributed by atoms with Crippen LogP contribution in [0.4, 0.5) is 13.2 Å². The van der Waals surface area contributed by atoms with E-state index in [0.717, 1.165) is 18.4 Å². The van der Waals surface area contributed by atoms with Crippen molar-refractivity contribution in [3.63, 3.8) is 0 Å². The van der Waals surface area contributed by atoms with Crippen LogP contribution in [0.15, 0.2) is 48.8 Å². The molecule has 33 heavy (non-hydrogen) atoms. The number of nitrogens with zero attached hydrogens (tertiary/aromatic N) is 2. The predicted molar refractivity (Wildman–Crippen MR) is 108 cm³/mol. The van der Waals surface area contributed by atoms with E-state index < -0.39 is 12.1 Å². The molecule has 1 unspecified atom stereocenters. The van der Waals surface area contributed by atoms with Crippen molar-refractivity contribution in [1.82, 2.24) is 9.88 Å². The highest BCUT2D eigenvalue weighted by atomic mass is 19.4. The van der Waals surface area contributed by atoms with Gasteiger partial charge in [0, 0.05) is 31.0 Å². The van der Waals surface area contributed by atoms with Gasteiger partial charge in [-0.25, -0.2) is 4.79 Å². The first-order valence-electron chi connectivity index (χ1n) is 10.1. The third-order valence-electron chi connectivity index (χ3n) is 5.26. The lowest BCUT2D eigenvalue weighted by molar-refractivity contribution is -0.192. The zero-order chi connectivity index (χ0) is 24.1. The third kappa shape index (κ3) is 6.65. The Hall–Kier alpha value is -3.18. The fourth-order valence-electron chi connectivity index (χ4n) is 3.65. The molecule has 2 aliphatic rings. The van der Waals surface area contributed by atoms with Gasteiger partial charge in [0.05, 0.1) is 25.8 Å². The number of phenolic OH excluding ortho intramolecular Hbond substituents is 1. The summed E-state index contributed by atoms with van der Waals surface area (Å²) in [4.78, 5) is 27.2. The summed E-state index contributed by atoms with van der Waals surface area (Å²) in [6.45, 7) is 2.34. The molecule has 178 valence electrons. The summed E-state index contributed by atoms with van der Waals surface area (Å²) >= 11 is 0. The fourth-order valence-corrected chi connectivity index (χ4v) is 3.65. The normalized spacial score (nSPS) is 19.2. The average molecular weight is 468 g/mol. The van der Waals surface area contributed by atoms with E-state index in [2.05, 4.69) is 4.98 Å². The van der Waals surface area contributed by atoms with Gasteiger partial charge in [0.25, 0.3) is 5.91 Å². The Balaban J connectivity index is 0.000000383. The van der Waals surface area contributed by atoms with Crippen LogP contribution in [0, 0.1) is 0 Å². The van der Waals surface area contributed by atoms with Gasteiger partial charge in [-0.05, 0) is 42.3 Å². The number of aliphatic carboxylic acids is 1. The number of alkyl halides is 3. The van der Waals surface area contributed by atoms with Crippen molar-refractivity contribution >= 4 is 11.9 Å². The number of carbonyl (C=O) groups excluding carboxylic acids is 1. The second kappa shape index (κ2) is 10.2. The van der Waals surface area contributed by atoms with Gasteiger partial charge in [-0.1, -0.05) is 6.07 Å². The molecule has 0 aliphatic carbocycles. The van der Waals surface area contributed by atoms with Gasteiger partial charge in [-0.3, -0.25) is 9.78 Å². The number of amides is 1. The number of ether oxygens (including phenoxy) is 2. The number of phenols is 1. The largest absolute Gasteiger partial charge is 0.508 e. The maximum absolute atomic E-state index is 12.5. The van der Waals surface area contributed by atoms with E-state index in [4.69, 9.17) is 19.4 Å². The number of aromatic nitrogens is 1. The van der Waals surface area contributed by atoms with Crippen LogP contribution in [0.2, 0.25) is 0 Å². The van der Waals surface area contributed by atoms with E-state index in [9.17, 15) is 23.1 Å². The van der Waals surface area contributed by atoms with Crippen molar-refractivity contribution in [2.24, 2.45) is 0 Å². The number of carboxylic acids is 1. The number of benzene rings is 1. The Morgan fingerprint density at radius 2 is 1.88 bits per heavy atom. The van der Waals surface area contributed by atoms with Crippen LogP contribution in [-0.4, -0.2) is 69.6 Å². The quantitative estimate of drug-likeness (QED) is 0.710. The maximum Gasteiger partial charge on any atom is 0.490 e. The van der Waals surface area contributed by atoms with Gasteiger partial charge in [-0.15, -0.1) is 0 Å². The molecular formula is C22H23F3N2O6. The fraction of sp³-hybridized carbons (Fsp3) is 0.409. The molecule has 1 aromatic heterocycles. The number of hydrogen-bond acceptors (Lipinski definition) is 6. The summed E-state index contributed by atoms with van der Waals surface area (Å²) in [6, 6.07) is 10.4. The number of carboxylic acid groups (broad SMARTS) is 1. The summed E-state index contributed by atoms with van der Waals surface area (Å²) in [5, 5.41) is 16.7. The van der Waals surface area contributed by atoms with Crippen molar-refractivity contribution < 1.29 is 42.4 Å². The van der Waals surface area contributed by atoms with Crippen LogP contribution in [-0.2, 0) is 20.9 Å². The van der Waals surface area contributed by atoms with Gasteiger partial charge in [-0.2, -0.15) is 13.2 Å². The van der Waals surface area contributed by atoms with Crippen molar-refractivity contribution in [3.05, 3.63) is 59.9 Å². The Morgan fingerprint density at radius 3 is 2.48 bits per heavy atom. The van der Waals surface area contributed by atoms with E-state index >= 15 is 0 Å². The second-order valence-corrected chi connectivity index (χ2v) is 7.83. The van der Waals surface area contributed by atoms with Crippen LogP contribution in [0.1, 0.15) is 28.8 Å². The highest BCUT2D eigenvalue weighted by Gasteiger charge is 2.49. The zero-order valence-electron chi connectivity index (χ0n) is 17.5. The number of rotatable bonds is 4. The zero-order valence-corrected chi connectivity index (χ0v) is 17.5. The predicted octanol–water partition coefficient (Wildman–Crippen LogP) is 3.01. The number of hydrogen-bond donors (Lipinski definition) is 2. The van der Waals surface area contributed by atoms with Gasteiger partial charge in [0.1, 0.15) is 11.4 Å². The average Bonchev–Trinajstić information content (AvgIpc) is 2.76. The molecule has 1 spiro atoms. The highest BCUT2D eigenvalue weighted by Crippen LogP contribution is 2.36. The van der Waals surface area contributed by atoms with Crippen molar-refractivity contribution in [2.75, 3.05) is 19.7 Å². The van der Waals surface area contributed by atoms with Crippen LogP contribution < -0.4 is 0 Å². The van der Waals surface area contributed by atoms with E-state index in [0.29, 0.717) is 31.9 Å². The van der Waals surface area contributed by atoms with E-state index in [-0.39, 0.29) is 23.4 Å². The molecule has 1 aromatic carbocycles. The van der Waals surface area contributed by atoms with Crippen molar-refractivity contribution in [1.29, 1.82) is 0 Å². The molecule has 4 rings (SSSR count). The standard InChI is InChI=1S/C20H22N2O4.C2HF3O2/c23-17-3-1-2-16(10-17)19(24)22-13-20(14-22)11-18(6-9-26-20)25-12-15-4-7-21-8-5-15;3-2(4,5)1(6)7/h1-5,7-8,10,18,23H,6,9,11-14H2;(H,6,7). The monoisotopic (exact) mass is 468 g/mol. The number of halogens is 3. The molecule has 2 saturated heterocycles. The van der Waals surface area contributed by atoms with Gasteiger partial charge >= 0.3 is 12.1 Å². The Bertz CT molecular complexity index is 964. The first-order valence-corrected chi connectivity index (χ1v) is 10.1. The molecule has 2 aromatic rings. The molecule has 1 amide bonds. The molecular weight excluding hydrogens is 445 g/mol. The molecule has 2 fully saturated rings. The molecule has 11 heteroatoms. The van der Waals surface area contributed by atoms with Crippen LogP contribution in [0.3, 0.4) is 0 Å². The first kappa shape index (κ1) is 24.5. The smallest absolute Gasteiger partial charge is 0.490 e. The highest BCUT2D eigenvalue weighted by molar-refractivity contribution is 5.95. The molecule has 2 aliphatic heterocycles. The molecule has 8 nitrogen and oxygen atoms in total. The Labute approximate surface area is 187 Å². The number of carbonyl (C=O) groups is 2. The number of aromatic hydroxyl groups is 1. The van der Waals surface area contributed by atoms with Crippen molar-refractivity contribution in [3.8, 4) is 5.75 Å². The minimum atomic E-state index is -5.08.